The SMILES string of the molecule is CCCCNC(=O)C(C)N(Cc1cccc(C)c1)C(=O)CN(c1ccc(C)cc1)S(=O)(=O)c1ccc(OCC)cc1. The van der Waals surface area contributed by atoms with Crippen LogP contribution >= 0.6 is 0 Å². The smallest absolute Gasteiger partial charge is 0.264 e. The molecule has 1 atom stereocenters. The van der Waals surface area contributed by atoms with E-state index in [0.717, 1.165) is 33.8 Å². The van der Waals surface area contributed by atoms with Crippen molar-refractivity contribution in [2.75, 3.05) is 24.0 Å². The minimum Gasteiger partial charge on any atom is -0.494 e. The van der Waals surface area contributed by atoms with Crippen molar-refractivity contribution in [2.24, 2.45) is 0 Å². The lowest BCUT2D eigenvalue weighted by atomic mass is 10.1. The van der Waals surface area contributed by atoms with Gasteiger partial charge in [0.2, 0.25) is 11.8 Å². The maximum Gasteiger partial charge on any atom is 0.264 e. The highest BCUT2D eigenvalue weighted by molar-refractivity contribution is 7.92. The van der Waals surface area contributed by atoms with Gasteiger partial charge in [-0.2, -0.15) is 0 Å². The van der Waals surface area contributed by atoms with E-state index in [9.17, 15) is 18.0 Å². The van der Waals surface area contributed by atoms with E-state index in [1.807, 2.05) is 52.0 Å². The fraction of sp³-hybridized carbons (Fsp3) is 0.375. The van der Waals surface area contributed by atoms with Crippen molar-refractivity contribution in [3.63, 3.8) is 0 Å². The van der Waals surface area contributed by atoms with Crippen LogP contribution in [0.3, 0.4) is 0 Å². The molecule has 0 heterocycles. The van der Waals surface area contributed by atoms with Crippen LogP contribution in [-0.2, 0) is 26.2 Å². The van der Waals surface area contributed by atoms with E-state index in [4.69, 9.17) is 4.74 Å². The maximum absolute atomic E-state index is 14.0. The topological polar surface area (TPSA) is 96.0 Å². The second kappa shape index (κ2) is 14.7. The fourth-order valence-electron chi connectivity index (χ4n) is 4.37. The van der Waals surface area contributed by atoms with Crippen LogP contribution in [0.4, 0.5) is 5.69 Å². The van der Waals surface area contributed by atoms with Crippen molar-refractivity contribution >= 4 is 27.5 Å². The first-order chi connectivity index (χ1) is 19.6. The monoisotopic (exact) mass is 579 g/mol. The Balaban J connectivity index is 1.99. The summed E-state index contributed by atoms with van der Waals surface area (Å²) in [5, 5.41) is 2.90. The van der Waals surface area contributed by atoms with E-state index in [1.54, 1.807) is 43.3 Å². The Kier molecular flexibility index (Phi) is 11.3. The van der Waals surface area contributed by atoms with Crippen molar-refractivity contribution in [3.05, 3.63) is 89.5 Å². The maximum atomic E-state index is 14.0. The molecule has 9 heteroatoms. The van der Waals surface area contributed by atoms with E-state index >= 15 is 0 Å². The molecule has 0 aromatic heterocycles. The number of sulfonamides is 1. The molecule has 0 aliphatic rings. The van der Waals surface area contributed by atoms with Gasteiger partial charge in [-0.1, -0.05) is 60.9 Å². The molecule has 0 aliphatic carbocycles. The van der Waals surface area contributed by atoms with Crippen molar-refractivity contribution < 1.29 is 22.7 Å². The van der Waals surface area contributed by atoms with Gasteiger partial charge in [-0.15, -0.1) is 0 Å². The summed E-state index contributed by atoms with van der Waals surface area (Å²) in [5.41, 5.74) is 3.18. The van der Waals surface area contributed by atoms with Gasteiger partial charge in [0, 0.05) is 13.1 Å². The number of hydrogen-bond acceptors (Lipinski definition) is 5. The number of aryl methyl sites for hydroxylation is 2. The van der Waals surface area contributed by atoms with Crippen LogP contribution in [0.2, 0.25) is 0 Å². The highest BCUT2D eigenvalue weighted by Gasteiger charge is 2.32. The van der Waals surface area contributed by atoms with Crippen LogP contribution in [-0.4, -0.2) is 50.9 Å². The fourth-order valence-corrected chi connectivity index (χ4v) is 5.78. The number of carbonyl (C=O) groups excluding carboxylic acids is 2. The van der Waals surface area contributed by atoms with Crippen LogP contribution in [0.25, 0.3) is 0 Å². The average Bonchev–Trinajstić information content (AvgIpc) is 2.95. The first-order valence-corrected chi connectivity index (χ1v) is 15.5. The lowest BCUT2D eigenvalue weighted by molar-refractivity contribution is -0.139. The number of ether oxygens (including phenoxy) is 1. The summed E-state index contributed by atoms with van der Waals surface area (Å²) in [6, 6.07) is 20.0. The van der Waals surface area contributed by atoms with Gasteiger partial charge >= 0.3 is 0 Å². The van der Waals surface area contributed by atoms with Crippen LogP contribution in [0.15, 0.2) is 77.7 Å². The Morgan fingerprint density at radius 2 is 1.61 bits per heavy atom. The van der Waals surface area contributed by atoms with Crippen molar-refractivity contribution in [3.8, 4) is 5.75 Å². The number of unbranched alkanes of at least 4 members (excludes halogenated alkanes) is 1. The molecule has 0 bridgehead atoms. The van der Waals surface area contributed by atoms with Gasteiger partial charge in [0.05, 0.1) is 17.2 Å². The third-order valence-electron chi connectivity index (χ3n) is 6.76. The van der Waals surface area contributed by atoms with Crippen molar-refractivity contribution in [1.29, 1.82) is 0 Å². The lowest BCUT2D eigenvalue weighted by Crippen LogP contribution is -2.51. The molecule has 8 nitrogen and oxygen atoms in total. The molecular formula is C32H41N3O5S. The van der Waals surface area contributed by atoms with Gasteiger partial charge in [0.25, 0.3) is 10.0 Å². The summed E-state index contributed by atoms with van der Waals surface area (Å²) < 4.78 is 34.5. The summed E-state index contributed by atoms with van der Waals surface area (Å²) in [5.74, 6) is -0.216. The molecule has 2 amide bonds. The van der Waals surface area contributed by atoms with Gasteiger partial charge in [-0.05, 0) is 76.1 Å². The number of amides is 2. The number of carbonyl (C=O) groups is 2. The van der Waals surface area contributed by atoms with Crippen molar-refractivity contribution in [1.82, 2.24) is 10.2 Å². The Labute approximate surface area is 244 Å². The molecule has 1 N–H and O–H groups in total. The molecule has 3 aromatic carbocycles. The highest BCUT2D eigenvalue weighted by atomic mass is 32.2. The van der Waals surface area contributed by atoms with Crippen molar-refractivity contribution in [2.45, 2.75) is 64.9 Å². The largest absolute Gasteiger partial charge is 0.494 e. The Bertz CT molecular complexity index is 1410. The molecule has 0 spiro atoms. The highest BCUT2D eigenvalue weighted by Crippen LogP contribution is 2.26. The van der Waals surface area contributed by atoms with E-state index in [0.29, 0.717) is 24.6 Å². The summed E-state index contributed by atoms with van der Waals surface area (Å²) in [6.45, 7) is 10.1. The molecule has 3 rings (SSSR count). The zero-order chi connectivity index (χ0) is 30.0. The van der Waals surface area contributed by atoms with Gasteiger partial charge in [0.1, 0.15) is 18.3 Å². The van der Waals surface area contributed by atoms with E-state index in [1.165, 1.54) is 17.0 Å². The standard InChI is InChI=1S/C32H41N3O5S/c1-6-8-20-33-32(37)26(5)34(22-27-11-9-10-25(4)21-27)31(36)23-35(28-14-12-24(3)13-15-28)41(38,39)30-18-16-29(17-19-30)40-7-2/h9-19,21,26H,6-8,20,22-23H2,1-5H3,(H,33,37). The third-order valence-corrected chi connectivity index (χ3v) is 8.54. The second-order valence-corrected chi connectivity index (χ2v) is 11.9. The van der Waals surface area contributed by atoms with Gasteiger partial charge in [0.15, 0.2) is 0 Å². The number of rotatable bonds is 14. The van der Waals surface area contributed by atoms with Crippen LogP contribution in [0.1, 0.15) is 50.3 Å². The van der Waals surface area contributed by atoms with Gasteiger partial charge in [-0.25, -0.2) is 8.42 Å². The van der Waals surface area contributed by atoms with Gasteiger partial charge < -0.3 is 15.0 Å². The number of benzene rings is 3. The molecule has 0 fully saturated rings. The molecule has 0 saturated heterocycles. The summed E-state index contributed by atoms with van der Waals surface area (Å²) >= 11 is 0. The van der Waals surface area contributed by atoms with Crippen LogP contribution in [0, 0.1) is 13.8 Å². The minimum atomic E-state index is -4.14. The van der Waals surface area contributed by atoms with Crippen LogP contribution in [0.5, 0.6) is 5.75 Å². The quantitative estimate of drug-likeness (QED) is 0.264. The lowest BCUT2D eigenvalue weighted by Gasteiger charge is -2.32. The predicted octanol–water partition coefficient (Wildman–Crippen LogP) is 5.23. The molecular weight excluding hydrogens is 538 g/mol. The number of nitrogens with zero attached hydrogens (tertiary/aromatic N) is 2. The number of hydrogen-bond donors (Lipinski definition) is 1. The summed E-state index contributed by atoms with van der Waals surface area (Å²) in [6.07, 6.45) is 1.75. The molecule has 41 heavy (non-hydrogen) atoms. The molecule has 3 aromatic rings. The second-order valence-electron chi connectivity index (χ2n) is 10.1. The molecule has 1 unspecified atom stereocenters. The number of nitrogens with one attached hydrogen (secondary N) is 1. The van der Waals surface area contributed by atoms with E-state index in [2.05, 4.69) is 5.32 Å². The normalized spacial score (nSPS) is 11.9. The third kappa shape index (κ3) is 8.57. The van der Waals surface area contributed by atoms with Crippen LogP contribution < -0.4 is 14.4 Å². The Hall–Kier alpha value is -3.85. The summed E-state index contributed by atoms with van der Waals surface area (Å²) in [4.78, 5) is 28.5. The predicted molar refractivity (Wildman–Crippen MR) is 162 cm³/mol. The zero-order valence-corrected chi connectivity index (χ0v) is 25.4. The van der Waals surface area contributed by atoms with E-state index < -0.39 is 28.5 Å². The first kappa shape index (κ1) is 31.7. The molecule has 0 radical (unpaired) electrons. The number of anilines is 1. The first-order valence-electron chi connectivity index (χ1n) is 14.0. The molecule has 0 saturated carbocycles. The molecule has 0 aliphatic heterocycles. The minimum absolute atomic E-state index is 0.0323. The Morgan fingerprint density at radius 1 is 0.927 bits per heavy atom. The van der Waals surface area contributed by atoms with Gasteiger partial charge in [-0.3, -0.25) is 13.9 Å². The average molecular weight is 580 g/mol. The summed E-state index contributed by atoms with van der Waals surface area (Å²) in [7, 11) is -4.14. The van der Waals surface area contributed by atoms with E-state index in [-0.39, 0.29) is 17.3 Å². The molecule has 220 valence electrons. The Morgan fingerprint density at radius 3 is 2.22 bits per heavy atom. The zero-order valence-electron chi connectivity index (χ0n) is 24.6.